The van der Waals surface area contributed by atoms with Gasteiger partial charge in [-0.25, -0.2) is 4.98 Å². The maximum Gasteiger partial charge on any atom is 0.276 e. The van der Waals surface area contributed by atoms with Gasteiger partial charge in [0.1, 0.15) is 5.69 Å². The van der Waals surface area contributed by atoms with Crippen LogP contribution < -0.4 is 11.3 Å². The van der Waals surface area contributed by atoms with Crippen molar-refractivity contribution in [3.05, 3.63) is 22.9 Å². The number of hydrogen-bond donors (Lipinski definition) is 1. The van der Waals surface area contributed by atoms with Crippen molar-refractivity contribution >= 4 is 18.1 Å². The number of halogens is 1. The van der Waals surface area contributed by atoms with Crippen LogP contribution in [-0.2, 0) is 6.54 Å². The van der Waals surface area contributed by atoms with Crippen LogP contribution in [0.15, 0.2) is 17.3 Å². The van der Waals surface area contributed by atoms with Crippen LogP contribution in [0, 0.1) is 0 Å². The fraction of sp³-hybridized carbons (Fsp3) is 0.600. The zero-order chi connectivity index (χ0) is 11.3. The maximum atomic E-state index is 11.5. The fourth-order valence-electron chi connectivity index (χ4n) is 1.42. The summed E-state index contributed by atoms with van der Waals surface area (Å²) >= 11 is 0. The SMILES string of the molecule is CCN(CC)CCn1cncc(N)c1=O.Cl. The number of nitrogens with two attached hydrogens (primary N) is 1. The highest BCUT2D eigenvalue weighted by Gasteiger charge is 2.02. The summed E-state index contributed by atoms with van der Waals surface area (Å²) in [5, 5.41) is 0. The Morgan fingerprint density at radius 1 is 1.44 bits per heavy atom. The van der Waals surface area contributed by atoms with Crippen LogP contribution in [0.1, 0.15) is 13.8 Å². The molecular weight excluding hydrogens is 228 g/mol. The van der Waals surface area contributed by atoms with Crippen molar-refractivity contribution in [1.82, 2.24) is 14.5 Å². The van der Waals surface area contributed by atoms with Crippen LogP contribution in [0.4, 0.5) is 5.69 Å². The van der Waals surface area contributed by atoms with Gasteiger partial charge in [0, 0.05) is 13.1 Å². The zero-order valence-electron chi connectivity index (χ0n) is 9.72. The summed E-state index contributed by atoms with van der Waals surface area (Å²) in [5.41, 5.74) is 5.53. The van der Waals surface area contributed by atoms with E-state index in [1.54, 1.807) is 4.57 Å². The second-order valence-corrected chi connectivity index (χ2v) is 3.37. The molecule has 1 aromatic rings. The van der Waals surface area contributed by atoms with Crippen molar-refractivity contribution < 1.29 is 0 Å². The van der Waals surface area contributed by atoms with Crippen molar-refractivity contribution in [1.29, 1.82) is 0 Å². The topological polar surface area (TPSA) is 64.2 Å². The summed E-state index contributed by atoms with van der Waals surface area (Å²) in [6.07, 6.45) is 2.92. The third kappa shape index (κ3) is 3.83. The van der Waals surface area contributed by atoms with E-state index in [-0.39, 0.29) is 23.7 Å². The first-order valence-corrected chi connectivity index (χ1v) is 5.21. The van der Waals surface area contributed by atoms with E-state index in [0.717, 1.165) is 19.6 Å². The van der Waals surface area contributed by atoms with E-state index in [2.05, 4.69) is 23.7 Å². The van der Waals surface area contributed by atoms with Gasteiger partial charge in [-0.15, -0.1) is 12.4 Å². The van der Waals surface area contributed by atoms with Gasteiger partial charge in [-0.1, -0.05) is 13.8 Å². The minimum absolute atomic E-state index is 0. The summed E-state index contributed by atoms with van der Waals surface area (Å²) in [7, 11) is 0. The molecule has 1 heterocycles. The Hall–Kier alpha value is -1.07. The molecular formula is C10H19ClN4O. The summed E-state index contributed by atoms with van der Waals surface area (Å²) < 4.78 is 1.55. The van der Waals surface area contributed by atoms with E-state index in [1.165, 1.54) is 12.5 Å². The molecule has 6 heteroatoms. The predicted octanol–water partition coefficient (Wildman–Crippen LogP) is 0.589. The standard InChI is InChI=1S/C10H18N4O.ClH/c1-3-13(4-2)5-6-14-8-12-7-9(11)10(14)15;/h7-8H,3-6,11H2,1-2H3;1H. The van der Waals surface area contributed by atoms with Gasteiger partial charge in [0.25, 0.3) is 5.56 Å². The Morgan fingerprint density at radius 3 is 2.62 bits per heavy atom. The van der Waals surface area contributed by atoms with E-state index >= 15 is 0 Å². The van der Waals surface area contributed by atoms with Crippen molar-refractivity contribution in [2.24, 2.45) is 0 Å². The van der Waals surface area contributed by atoms with Crippen molar-refractivity contribution in [3.8, 4) is 0 Å². The maximum absolute atomic E-state index is 11.5. The van der Waals surface area contributed by atoms with Gasteiger partial charge in [-0.05, 0) is 13.1 Å². The summed E-state index contributed by atoms with van der Waals surface area (Å²) in [6.45, 7) is 7.66. The van der Waals surface area contributed by atoms with E-state index in [9.17, 15) is 4.79 Å². The zero-order valence-corrected chi connectivity index (χ0v) is 10.5. The lowest BCUT2D eigenvalue weighted by atomic mass is 10.4. The third-order valence-electron chi connectivity index (χ3n) is 2.48. The molecule has 5 nitrogen and oxygen atoms in total. The Morgan fingerprint density at radius 2 is 2.06 bits per heavy atom. The van der Waals surface area contributed by atoms with E-state index in [4.69, 9.17) is 5.73 Å². The lowest BCUT2D eigenvalue weighted by Crippen LogP contribution is -2.31. The Kier molecular flexibility index (Phi) is 6.76. The molecule has 1 aromatic heterocycles. The highest BCUT2D eigenvalue weighted by Crippen LogP contribution is 1.91. The second-order valence-electron chi connectivity index (χ2n) is 3.37. The van der Waals surface area contributed by atoms with Gasteiger partial charge in [-0.2, -0.15) is 0 Å². The molecule has 0 aliphatic carbocycles. The lowest BCUT2D eigenvalue weighted by Gasteiger charge is -2.18. The van der Waals surface area contributed by atoms with Crippen LogP contribution in [0.3, 0.4) is 0 Å². The summed E-state index contributed by atoms with van der Waals surface area (Å²) in [4.78, 5) is 17.7. The monoisotopic (exact) mass is 246 g/mol. The van der Waals surface area contributed by atoms with Gasteiger partial charge in [0.15, 0.2) is 0 Å². The van der Waals surface area contributed by atoms with Crippen LogP contribution in [0.5, 0.6) is 0 Å². The van der Waals surface area contributed by atoms with Gasteiger partial charge < -0.3 is 10.6 Å². The molecule has 1 rings (SSSR count). The molecule has 0 aliphatic rings. The van der Waals surface area contributed by atoms with Crippen molar-refractivity contribution in [2.45, 2.75) is 20.4 Å². The molecule has 0 saturated carbocycles. The third-order valence-corrected chi connectivity index (χ3v) is 2.48. The van der Waals surface area contributed by atoms with Gasteiger partial charge in [0.05, 0.1) is 12.5 Å². The second kappa shape index (κ2) is 7.24. The lowest BCUT2D eigenvalue weighted by molar-refractivity contribution is 0.288. The van der Waals surface area contributed by atoms with Crippen LogP contribution in [0.25, 0.3) is 0 Å². The Balaban J connectivity index is 0.00000225. The average molecular weight is 247 g/mol. The highest BCUT2D eigenvalue weighted by molar-refractivity contribution is 5.85. The molecule has 0 bridgehead atoms. The molecule has 16 heavy (non-hydrogen) atoms. The Bertz CT molecular complexity index is 362. The van der Waals surface area contributed by atoms with Crippen molar-refractivity contribution in [3.63, 3.8) is 0 Å². The molecule has 0 saturated heterocycles. The number of nitrogen functional groups attached to an aromatic ring is 1. The number of aromatic nitrogens is 2. The number of anilines is 1. The largest absolute Gasteiger partial charge is 0.393 e. The molecule has 0 amide bonds. The molecule has 0 radical (unpaired) electrons. The first-order chi connectivity index (χ1) is 7.19. The molecule has 0 spiro atoms. The van der Waals surface area contributed by atoms with E-state index in [0.29, 0.717) is 6.54 Å². The minimum atomic E-state index is -0.155. The first kappa shape index (κ1) is 14.9. The summed E-state index contributed by atoms with van der Waals surface area (Å²) in [6, 6.07) is 0. The molecule has 0 fully saturated rings. The van der Waals surface area contributed by atoms with E-state index < -0.39 is 0 Å². The molecule has 92 valence electrons. The number of rotatable bonds is 5. The van der Waals surface area contributed by atoms with Gasteiger partial charge >= 0.3 is 0 Å². The number of hydrogen-bond acceptors (Lipinski definition) is 4. The molecule has 0 aliphatic heterocycles. The normalized spacial score (nSPS) is 10.2. The summed E-state index contributed by atoms with van der Waals surface area (Å²) in [5.74, 6) is 0. The minimum Gasteiger partial charge on any atom is -0.393 e. The van der Waals surface area contributed by atoms with Crippen LogP contribution >= 0.6 is 12.4 Å². The fourth-order valence-corrected chi connectivity index (χ4v) is 1.42. The Labute approximate surface area is 102 Å². The average Bonchev–Trinajstić information content (AvgIpc) is 2.25. The first-order valence-electron chi connectivity index (χ1n) is 5.21. The molecule has 0 unspecified atom stereocenters. The quantitative estimate of drug-likeness (QED) is 0.826. The molecule has 0 atom stereocenters. The number of nitrogens with zero attached hydrogens (tertiary/aromatic N) is 3. The van der Waals surface area contributed by atoms with Crippen LogP contribution in [0.2, 0.25) is 0 Å². The van der Waals surface area contributed by atoms with Gasteiger partial charge in [-0.3, -0.25) is 9.36 Å². The smallest absolute Gasteiger partial charge is 0.276 e. The van der Waals surface area contributed by atoms with Gasteiger partial charge in [0.2, 0.25) is 0 Å². The highest BCUT2D eigenvalue weighted by atomic mass is 35.5. The van der Waals surface area contributed by atoms with Crippen LogP contribution in [-0.4, -0.2) is 34.1 Å². The van der Waals surface area contributed by atoms with Crippen molar-refractivity contribution in [2.75, 3.05) is 25.4 Å². The molecule has 2 N–H and O–H groups in total. The number of likely N-dealkylation sites (N-methyl/N-ethyl adjacent to an activating group) is 1. The molecule has 0 aromatic carbocycles. The van der Waals surface area contributed by atoms with E-state index in [1.807, 2.05) is 0 Å². The predicted molar refractivity (Wildman–Crippen MR) is 67.9 cm³/mol.